The number of carbonyl (C=O) groups excluding carboxylic acids is 1. The summed E-state index contributed by atoms with van der Waals surface area (Å²) in [4.78, 5) is 12.4. The van der Waals surface area contributed by atoms with Gasteiger partial charge in [0.2, 0.25) is 0 Å². The van der Waals surface area contributed by atoms with Crippen molar-refractivity contribution in [3.8, 4) is 0 Å². The van der Waals surface area contributed by atoms with Crippen molar-refractivity contribution in [1.29, 1.82) is 0 Å². The molecular formula is C17H18O2. The second-order valence-electron chi connectivity index (χ2n) is 4.60. The van der Waals surface area contributed by atoms with E-state index in [1.807, 2.05) is 55.5 Å². The van der Waals surface area contributed by atoms with E-state index in [0.717, 1.165) is 5.56 Å². The molecule has 2 heteroatoms. The van der Waals surface area contributed by atoms with Crippen LogP contribution in [-0.4, -0.2) is 10.9 Å². The molecule has 0 aliphatic heterocycles. The third-order valence-electron chi connectivity index (χ3n) is 3.36. The summed E-state index contributed by atoms with van der Waals surface area (Å²) >= 11 is 0. The molecule has 0 fully saturated rings. The van der Waals surface area contributed by atoms with E-state index in [4.69, 9.17) is 0 Å². The molecule has 0 aromatic heterocycles. The predicted octanol–water partition coefficient (Wildman–Crippen LogP) is 3.63. The van der Waals surface area contributed by atoms with Crippen LogP contribution in [0.25, 0.3) is 0 Å². The molecule has 1 N–H and O–H groups in total. The van der Waals surface area contributed by atoms with E-state index < -0.39 is 12.0 Å². The minimum absolute atomic E-state index is 0.000506. The third-order valence-corrected chi connectivity index (χ3v) is 3.36. The van der Waals surface area contributed by atoms with Crippen LogP contribution in [0.1, 0.15) is 35.4 Å². The van der Waals surface area contributed by atoms with E-state index >= 15 is 0 Å². The average Bonchev–Trinajstić information content (AvgIpc) is 2.49. The van der Waals surface area contributed by atoms with Crippen LogP contribution >= 0.6 is 0 Å². The fraction of sp³-hybridized carbons (Fsp3) is 0.235. The molecule has 2 atom stereocenters. The first-order valence-corrected chi connectivity index (χ1v) is 6.56. The van der Waals surface area contributed by atoms with Gasteiger partial charge < -0.3 is 5.11 Å². The molecule has 0 radical (unpaired) electrons. The SMILES string of the molecule is CCC(C(=O)c1ccccc1)C(O)c1ccccc1. The molecule has 0 heterocycles. The first-order valence-electron chi connectivity index (χ1n) is 6.56. The van der Waals surface area contributed by atoms with E-state index in [0.29, 0.717) is 12.0 Å². The van der Waals surface area contributed by atoms with Gasteiger partial charge >= 0.3 is 0 Å². The highest BCUT2D eigenvalue weighted by atomic mass is 16.3. The quantitative estimate of drug-likeness (QED) is 0.827. The second kappa shape index (κ2) is 6.30. The zero-order valence-corrected chi connectivity index (χ0v) is 11.0. The summed E-state index contributed by atoms with van der Waals surface area (Å²) in [7, 11) is 0. The molecule has 0 spiro atoms. The lowest BCUT2D eigenvalue weighted by atomic mass is 9.87. The molecule has 0 aliphatic rings. The number of hydrogen-bond acceptors (Lipinski definition) is 2. The van der Waals surface area contributed by atoms with Crippen molar-refractivity contribution in [1.82, 2.24) is 0 Å². The minimum Gasteiger partial charge on any atom is -0.388 e. The third kappa shape index (κ3) is 3.09. The zero-order chi connectivity index (χ0) is 13.7. The van der Waals surface area contributed by atoms with Crippen molar-refractivity contribution in [2.75, 3.05) is 0 Å². The molecule has 2 nitrogen and oxygen atoms in total. The van der Waals surface area contributed by atoms with Gasteiger partial charge in [-0.05, 0) is 12.0 Å². The minimum atomic E-state index is -0.751. The summed E-state index contributed by atoms with van der Waals surface area (Å²) in [5.74, 6) is -0.399. The van der Waals surface area contributed by atoms with E-state index in [9.17, 15) is 9.90 Å². The lowest BCUT2D eigenvalue weighted by molar-refractivity contribution is 0.0667. The Bertz CT molecular complexity index is 519. The van der Waals surface area contributed by atoms with Crippen LogP contribution in [0.15, 0.2) is 60.7 Å². The molecule has 0 amide bonds. The Labute approximate surface area is 113 Å². The number of hydrogen-bond donors (Lipinski definition) is 1. The first kappa shape index (κ1) is 13.5. The molecule has 2 aromatic carbocycles. The van der Waals surface area contributed by atoms with Crippen LogP contribution in [-0.2, 0) is 0 Å². The van der Waals surface area contributed by atoms with Crippen LogP contribution in [0, 0.1) is 5.92 Å². The summed E-state index contributed by atoms with van der Waals surface area (Å²) in [5.41, 5.74) is 1.45. The number of Topliss-reactive ketones (excluding diaryl/α,β-unsaturated/α-hetero) is 1. The van der Waals surface area contributed by atoms with Crippen molar-refractivity contribution in [2.24, 2.45) is 5.92 Å². The lowest BCUT2D eigenvalue weighted by Crippen LogP contribution is -2.22. The monoisotopic (exact) mass is 254 g/mol. The maximum Gasteiger partial charge on any atom is 0.168 e. The lowest BCUT2D eigenvalue weighted by Gasteiger charge is -2.20. The molecule has 2 aromatic rings. The molecule has 2 unspecified atom stereocenters. The molecule has 0 saturated carbocycles. The second-order valence-corrected chi connectivity index (χ2v) is 4.60. The van der Waals surface area contributed by atoms with Gasteiger partial charge in [-0.1, -0.05) is 67.6 Å². The van der Waals surface area contributed by atoms with Crippen molar-refractivity contribution >= 4 is 5.78 Å². The number of rotatable bonds is 5. The Hall–Kier alpha value is -1.93. The van der Waals surface area contributed by atoms with E-state index in [-0.39, 0.29) is 5.78 Å². The maximum absolute atomic E-state index is 12.4. The number of carbonyl (C=O) groups is 1. The standard InChI is InChI=1S/C17H18O2/c1-2-15(16(18)13-9-5-3-6-10-13)17(19)14-11-7-4-8-12-14/h3-12,15-16,18H,2H2,1H3. The van der Waals surface area contributed by atoms with Crippen LogP contribution in [0.2, 0.25) is 0 Å². The number of benzene rings is 2. The zero-order valence-electron chi connectivity index (χ0n) is 11.0. The maximum atomic E-state index is 12.4. The number of aliphatic hydroxyl groups excluding tert-OH is 1. The highest BCUT2D eigenvalue weighted by Gasteiger charge is 2.26. The van der Waals surface area contributed by atoms with E-state index in [1.165, 1.54) is 0 Å². The van der Waals surface area contributed by atoms with Crippen molar-refractivity contribution in [2.45, 2.75) is 19.4 Å². The largest absolute Gasteiger partial charge is 0.388 e. The normalized spacial score (nSPS) is 13.8. The summed E-state index contributed by atoms with van der Waals surface area (Å²) < 4.78 is 0. The Morgan fingerprint density at radius 2 is 1.53 bits per heavy atom. The smallest absolute Gasteiger partial charge is 0.168 e. The molecule has 0 saturated heterocycles. The highest BCUT2D eigenvalue weighted by molar-refractivity contribution is 5.98. The number of aliphatic hydroxyl groups is 1. The Balaban J connectivity index is 2.23. The van der Waals surface area contributed by atoms with Crippen LogP contribution in [0.5, 0.6) is 0 Å². The van der Waals surface area contributed by atoms with Gasteiger partial charge in [0.1, 0.15) is 0 Å². The highest BCUT2D eigenvalue weighted by Crippen LogP contribution is 2.27. The Morgan fingerprint density at radius 3 is 2.05 bits per heavy atom. The first-order chi connectivity index (χ1) is 9.24. The summed E-state index contributed by atoms with van der Waals surface area (Å²) in [6.45, 7) is 1.93. The summed E-state index contributed by atoms with van der Waals surface area (Å²) in [6, 6.07) is 18.5. The average molecular weight is 254 g/mol. The van der Waals surface area contributed by atoms with Gasteiger partial charge in [-0.25, -0.2) is 0 Å². The summed E-state index contributed by atoms with van der Waals surface area (Å²) in [5, 5.41) is 10.4. The molecule has 0 bridgehead atoms. The van der Waals surface area contributed by atoms with Gasteiger partial charge in [0.15, 0.2) is 5.78 Å². The van der Waals surface area contributed by atoms with Gasteiger partial charge in [0, 0.05) is 5.56 Å². The fourth-order valence-corrected chi connectivity index (χ4v) is 2.25. The topological polar surface area (TPSA) is 37.3 Å². The molecule has 98 valence electrons. The van der Waals surface area contributed by atoms with Gasteiger partial charge in [0.05, 0.1) is 12.0 Å². The molecular weight excluding hydrogens is 236 g/mol. The van der Waals surface area contributed by atoms with Crippen LogP contribution in [0.4, 0.5) is 0 Å². The van der Waals surface area contributed by atoms with E-state index in [1.54, 1.807) is 12.1 Å². The summed E-state index contributed by atoms with van der Waals surface area (Å²) in [6.07, 6.45) is -0.136. The fourth-order valence-electron chi connectivity index (χ4n) is 2.25. The van der Waals surface area contributed by atoms with Gasteiger partial charge in [-0.2, -0.15) is 0 Å². The Kier molecular flexibility index (Phi) is 4.48. The van der Waals surface area contributed by atoms with Crippen molar-refractivity contribution in [3.63, 3.8) is 0 Å². The van der Waals surface area contributed by atoms with Crippen LogP contribution in [0.3, 0.4) is 0 Å². The molecule has 0 aliphatic carbocycles. The molecule has 2 rings (SSSR count). The van der Waals surface area contributed by atoms with Crippen molar-refractivity contribution in [3.05, 3.63) is 71.8 Å². The van der Waals surface area contributed by atoms with E-state index in [2.05, 4.69) is 0 Å². The van der Waals surface area contributed by atoms with Crippen LogP contribution < -0.4 is 0 Å². The van der Waals surface area contributed by atoms with Gasteiger partial charge in [-0.15, -0.1) is 0 Å². The molecule has 19 heavy (non-hydrogen) atoms. The Morgan fingerprint density at radius 1 is 1.00 bits per heavy atom. The number of ketones is 1. The van der Waals surface area contributed by atoms with Crippen molar-refractivity contribution < 1.29 is 9.90 Å². The van der Waals surface area contributed by atoms with Gasteiger partial charge in [-0.3, -0.25) is 4.79 Å². The predicted molar refractivity (Wildman–Crippen MR) is 76.0 cm³/mol. The van der Waals surface area contributed by atoms with Gasteiger partial charge in [0.25, 0.3) is 0 Å².